The molecule has 0 radical (unpaired) electrons. The Morgan fingerprint density at radius 1 is 1.26 bits per heavy atom. The Morgan fingerprint density at radius 3 is 2.74 bits per heavy atom. The lowest BCUT2D eigenvalue weighted by Crippen LogP contribution is -2.43. The zero-order valence-corrected chi connectivity index (χ0v) is 12.6. The second kappa shape index (κ2) is 6.36. The fraction of sp³-hybridized carbons (Fsp3) is 0.438. The number of nitrogens with one attached hydrogen (secondary N) is 2. The standard InChI is InChI=1S/C16H18FN3O3/c17-10-6-7-13-12(8-10)19-15(22)16(23)20(13)9-14(21)18-11-4-2-1-3-5-11/h6-8,11H,1-5,9H2,(H,18,21)(H,19,22). The molecule has 0 saturated heterocycles. The van der Waals surface area contributed by atoms with E-state index in [4.69, 9.17) is 0 Å². The lowest BCUT2D eigenvalue weighted by Gasteiger charge is -2.23. The van der Waals surface area contributed by atoms with E-state index in [1.165, 1.54) is 18.6 Å². The van der Waals surface area contributed by atoms with Crippen molar-refractivity contribution in [1.82, 2.24) is 14.9 Å². The summed E-state index contributed by atoms with van der Waals surface area (Å²) in [5, 5.41) is 2.91. The number of amides is 1. The maximum absolute atomic E-state index is 13.3. The normalized spacial score (nSPS) is 15.7. The van der Waals surface area contributed by atoms with E-state index < -0.39 is 16.9 Å². The number of carbonyl (C=O) groups is 1. The Labute approximate surface area is 131 Å². The summed E-state index contributed by atoms with van der Waals surface area (Å²) in [6.45, 7) is -0.249. The van der Waals surface area contributed by atoms with Crippen LogP contribution in [0.4, 0.5) is 4.39 Å². The van der Waals surface area contributed by atoms with Crippen LogP contribution in [0.25, 0.3) is 11.0 Å². The molecule has 0 unspecified atom stereocenters. The summed E-state index contributed by atoms with van der Waals surface area (Å²) in [5.41, 5.74) is -1.16. The molecule has 1 fully saturated rings. The number of aromatic nitrogens is 2. The second-order valence-corrected chi connectivity index (χ2v) is 5.91. The zero-order chi connectivity index (χ0) is 16.4. The fourth-order valence-electron chi connectivity index (χ4n) is 3.07. The molecule has 2 N–H and O–H groups in total. The molecule has 0 spiro atoms. The van der Waals surface area contributed by atoms with Crippen LogP contribution in [0.5, 0.6) is 0 Å². The molecule has 3 rings (SSSR count). The summed E-state index contributed by atoms with van der Waals surface area (Å²) in [6.07, 6.45) is 5.20. The number of carbonyl (C=O) groups excluding carboxylic acids is 1. The summed E-state index contributed by atoms with van der Waals surface area (Å²) in [6, 6.07) is 3.83. The monoisotopic (exact) mass is 319 g/mol. The van der Waals surface area contributed by atoms with Crippen molar-refractivity contribution in [3.05, 3.63) is 44.7 Å². The van der Waals surface area contributed by atoms with Crippen molar-refractivity contribution in [3.63, 3.8) is 0 Å². The van der Waals surface area contributed by atoms with E-state index in [1.54, 1.807) is 0 Å². The molecule has 1 amide bonds. The number of benzene rings is 1. The molecule has 0 atom stereocenters. The molecular formula is C16H18FN3O3. The van der Waals surface area contributed by atoms with Gasteiger partial charge in [-0.1, -0.05) is 19.3 Å². The molecule has 2 aromatic rings. The fourth-order valence-corrected chi connectivity index (χ4v) is 3.07. The Kier molecular flexibility index (Phi) is 4.27. The molecule has 122 valence electrons. The van der Waals surface area contributed by atoms with Gasteiger partial charge in [0.2, 0.25) is 5.91 Å². The van der Waals surface area contributed by atoms with Crippen LogP contribution in [0.1, 0.15) is 32.1 Å². The molecule has 1 saturated carbocycles. The number of rotatable bonds is 3. The predicted octanol–water partition coefficient (Wildman–Crippen LogP) is 1.28. The molecule has 0 bridgehead atoms. The number of hydrogen-bond acceptors (Lipinski definition) is 3. The van der Waals surface area contributed by atoms with Crippen LogP contribution in [0.15, 0.2) is 27.8 Å². The van der Waals surface area contributed by atoms with Gasteiger partial charge in [0.05, 0.1) is 11.0 Å². The van der Waals surface area contributed by atoms with E-state index >= 15 is 0 Å². The molecule has 6 nitrogen and oxygen atoms in total. The summed E-state index contributed by atoms with van der Waals surface area (Å²) < 4.78 is 14.4. The van der Waals surface area contributed by atoms with Gasteiger partial charge in [-0.3, -0.25) is 19.0 Å². The lowest BCUT2D eigenvalue weighted by atomic mass is 9.95. The smallest absolute Gasteiger partial charge is 0.317 e. The van der Waals surface area contributed by atoms with Gasteiger partial charge in [0.25, 0.3) is 0 Å². The van der Waals surface area contributed by atoms with Gasteiger partial charge in [0, 0.05) is 6.04 Å². The molecule has 1 aromatic carbocycles. The van der Waals surface area contributed by atoms with E-state index in [-0.39, 0.29) is 24.0 Å². The van der Waals surface area contributed by atoms with Crippen LogP contribution in [0.3, 0.4) is 0 Å². The van der Waals surface area contributed by atoms with Crippen LogP contribution in [-0.2, 0) is 11.3 Å². The third-order valence-corrected chi connectivity index (χ3v) is 4.21. The van der Waals surface area contributed by atoms with Gasteiger partial charge in [0.15, 0.2) is 0 Å². The molecule has 7 heteroatoms. The van der Waals surface area contributed by atoms with Gasteiger partial charge in [-0.15, -0.1) is 0 Å². The Bertz CT molecular complexity index is 850. The van der Waals surface area contributed by atoms with E-state index in [0.717, 1.165) is 36.3 Å². The number of hydrogen-bond donors (Lipinski definition) is 2. The number of fused-ring (bicyclic) bond motifs is 1. The molecule has 1 aromatic heterocycles. The Morgan fingerprint density at radius 2 is 2.00 bits per heavy atom. The third kappa shape index (κ3) is 3.33. The first kappa shape index (κ1) is 15.5. The third-order valence-electron chi connectivity index (χ3n) is 4.21. The van der Waals surface area contributed by atoms with E-state index in [1.807, 2.05) is 0 Å². The molecule has 0 aliphatic heterocycles. The van der Waals surface area contributed by atoms with Crippen LogP contribution in [0.2, 0.25) is 0 Å². The first-order chi connectivity index (χ1) is 11.0. The van der Waals surface area contributed by atoms with Gasteiger partial charge in [-0.2, -0.15) is 0 Å². The summed E-state index contributed by atoms with van der Waals surface area (Å²) in [5.74, 6) is -0.833. The van der Waals surface area contributed by atoms with Crippen molar-refractivity contribution in [2.45, 2.75) is 44.7 Å². The average molecular weight is 319 g/mol. The van der Waals surface area contributed by atoms with Crippen LogP contribution >= 0.6 is 0 Å². The molecule has 1 heterocycles. The highest BCUT2D eigenvalue weighted by molar-refractivity contribution is 5.80. The molecule has 23 heavy (non-hydrogen) atoms. The number of nitrogens with zero attached hydrogens (tertiary/aromatic N) is 1. The largest absolute Gasteiger partial charge is 0.352 e. The minimum absolute atomic E-state index is 0.123. The second-order valence-electron chi connectivity index (χ2n) is 5.91. The topological polar surface area (TPSA) is 84.0 Å². The van der Waals surface area contributed by atoms with E-state index in [0.29, 0.717) is 5.52 Å². The summed E-state index contributed by atoms with van der Waals surface area (Å²) in [4.78, 5) is 38.3. The summed E-state index contributed by atoms with van der Waals surface area (Å²) in [7, 11) is 0. The minimum atomic E-state index is -0.867. The summed E-state index contributed by atoms with van der Waals surface area (Å²) >= 11 is 0. The van der Waals surface area contributed by atoms with Crippen molar-refractivity contribution >= 4 is 16.9 Å². The number of halogens is 1. The van der Waals surface area contributed by atoms with Crippen molar-refractivity contribution in [2.24, 2.45) is 0 Å². The van der Waals surface area contributed by atoms with Crippen molar-refractivity contribution in [3.8, 4) is 0 Å². The van der Waals surface area contributed by atoms with Crippen LogP contribution < -0.4 is 16.4 Å². The quantitative estimate of drug-likeness (QED) is 0.836. The van der Waals surface area contributed by atoms with Crippen LogP contribution in [-0.4, -0.2) is 21.5 Å². The highest BCUT2D eigenvalue weighted by Gasteiger charge is 2.17. The van der Waals surface area contributed by atoms with Gasteiger partial charge < -0.3 is 10.3 Å². The van der Waals surface area contributed by atoms with E-state index in [2.05, 4.69) is 10.3 Å². The van der Waals surface area contributed by atoms with Crippen molar-refractivity contribution in [2.75, 3.05) is 0 Å². The Hall–Kier alpha value is -2.44. The highest BCUT2D eigenvalue weighted by Crippen LogP contribution is 2.17. The lowest BCUT2D eigenvalue weighted by molar-refractivity contribution is -0.122. The first-order valence-electron chi connectivity index (χ1n) is 7.76. The van der Waals surface area contributed by atoms with E-state index in [9.17, 15) is 18.8 Å². The van der Waals surface area contributed by atoms with Gasteiger partial charge in [-0.25, -0.2) is 4.39 Å². The van der Waals surface area contributed by atoms with Crippen LogP contribution in [0, 0.1) is 5.82 Å². The van der Waals surface area contributed by atoms with Gasteiger partial charge >= 0.3 is 11.1 Å². The first-order valence-corrected chi connectivity index (χ1v) is 7.76. The molecule has 1 aliphatic carbocycles. The Balaban J connectivity index is 1.89. The maximum Gasteiger partial charge on any atom is 0.317 e. The highest BCUT2D eigenvalue weighted by atomic mass is 19.1. The zero-order valence-electron chi connectivity index (χ0n) is 12.6. The SMILES string of the molecule is O=C(Cn1c(=O)c(=O)[nH]c2cc(F)ccc21)NC1CCCCC1. The van der Waals surface area contributed by atoms with Crippen molar-refractivity contribution in [1.29, 1.82) is 0 Å². The minimum Gasteiger partial charge on any atom is -0.352 e. The molecular weight excluding hydrogens is 301 g/mol. The van der Waals surface area contributed by atoms with Gasteiger partial charge in [0.1, 0.15) is 12.4 Å². The number of H-pyrrole nitrogens is 1. The van der Waals surface area contributed by atoms with Crippen molar-refractivity contribution < 1.29 is 9.18 Å². The van der Waals surface area contributed by atoms with Gasteiger partial charge in [-0.05, 0) is 31.0 Å². The molecule has 1 aliphatic rings. The average Bonchev–Trinajstić information content (AvgIpc) is 2.52. The number of aromatic amines is 1. The predicted molar refractivity (Wildman–Crippen MR) is 83.8 cm³/mol. The maximum atomic E-state index is 13.3.